The maximum atomic E-state index is 12.9. The van der Waals surface area contributed by atoms with Crippen molar-refractivity contribution in [3.63, 3.8) is 0 Å². The van der Waals surface area contributed by atoms with Gasteiger partial charge in [-0.3, -0.25) is 9.71 Å². The summed E-state index contributed by atoms with van der Waals surface area (Å²) in [5.74, 6) is -1.21. The zero-order valence-electron chi connectivity index (χ0n) is 18.6. The van der Waals surface area contributed by atoms with Crippen LogP contribution in [0, 0.1) is 0 Å². The van der Waals surface area contributed by atoms with Gasteiger partial charge in [0, 0.05) is 11.1 Å². The summed E-state index contributed by atoms with van der Waals surface area (Å²) < 4.78 is 28.3. The summed E-state index contributed by atoms with van der Waals surface area (Å²) in [5, 5.41) is 10.3. The lowest BCUT2D eigenvalue weighted by Gasteiger charge is -2.14. The van der Waals surface area contributed by atoms with Crippen molar-refractivity contribution in [2.75, 3.05) is 4.72 Å². The number of aromatic nitrogens is 1. The maximum absolute atomic E-state index is 12.9. The lowest BCUT2D eigenvalue weighted by Crippen LogP contribution is -2.15. The van der Waals surface area contributed by atoms with Crippen molar-refractivity contribution in [1.29, 1.82) is 0 Å². The molecule has 4 rings (SSSR count). The van der Waals surface area contributed by atoms with E-state index in [0.717, 1.165) is 22.2 Å². The molecule has 1 heterocycles. The van der Waals surface area contributed by atoms with E-state index in [1.54, 1.807) is 30.3 Å². The minimum atomic E-state index is -3.97. The Hall–Kier alpha value is -3.36. The van der Waals surface area contributed by atoms with E-state index in [2.05, 4.69) is 9.71 Å². The minimum Gasteiger partial charge on any atom is -0.478 e. The Morgan fingerprint density at radius 2 is 1.68 bits per heavy atom. The molecule has 3 aromatic carbocycles. The van der Waals surface area contributed by atoms with Gasteiger partial charge in [-0.25, -0.2) is 13.2 Å². The van der Waals surface area contributed by atoms with Crippen molar-refractivity contribution in [3.05, 3.63) is 101 Å². The van der Waals surface area contributed by atoms with Crippen LogP contribution in [0.2, 0.25) is 0 Å². The second-order valence-electron chi connectivity index (χ2n) is 8.27. The minimum absolute atomic E-state index is 0.0194. The molecule has 174 valence electrons. The Labute approximate surface area is 204 Å². The second kappa shape index (κ2) is 9.48. The van der Waals surface area contributed by atoms with Crippen molar-refractivity contribution in [2.45, 2.75) is 29.9 Å². The highest BCUT2D eigenvalue weighted by molar-refractivity contribution is 7.92. The highest BCUT2D eigenvalue weighted by Gasteiger charge is 2.20. The molecule has 0 radical (unpaired) electrons. The van der Waals surface area contributed by atoms with Crippen LogP contribution in [0.1, 0.15) is 52.2 Å². The molecule has 8 heteroatoms. The first-order chi connectivity index (χ1) is 16.2. The number of hydrogen-bond acceptors (Lipinski definition) is 5. The van der Waals surface area contributed by atoms with Crippen molar-refractivity contribution in [3.8, 4) is 0 Å². The maximum Gasteiger partial charge on any atom is 0.336 e. The number of benzene rings is 3. The first-order valence-corrected chi connectivity index (χ1v) is 12.7. The van der Waals surface area contributed by atoms with Crippen molar-refractivity contribution < 1.29 is 18.3 Å². The fraction of sp³-hybridized carbons (Fsp3) is 0.154. The summed E-state index contributed by atoms with van der Waals surface area (Å²) >= 11 is 4.71. The predicted octanol–water partition coefficient (Wildman–Crippen LogP) is 5.88. The molecule has 1 atom stereocenters. The van der Waals surface area contributed by atoms with E-state index in [0.29, 0.717) is 11.3 Å². The summed E-state index contributed by atoms with van der Waals surface area (Å²) in [5.41, 5.74) is 3.46. The van der Waals surface area contributed by atoms with Crippen LogP contribution in [0.3, 0.4) is 0 Å². The number of carbonyl (C=O) groups is 1. The van der Waals surface area contributed by atoms with Crippen molar-refractivity contribution in [1.82, 2.24) is 4.98 Å². The van der Waals surface area contributed by atoms with Crippen LogP contribution in [0.25, 0.3) is 10.9 Å². The Morgan fingerprint density at radius 1 is 0.971 bits per heavy atom. The van der Waals surface area contributed by atoms with Crippen LogP contribution < -0.4 is 4.72 Å². The van der Waals surface area contributed by atoms with E-state index >= 15 is 0 Å². The van der Waals surface area contributed by atoms with Gasteiger partial charge in [0.05, 0.1) is 26.9 Å². The molecule has 0 saturated heterocycles. The average molecular weight is 493 g/mol. The molecule has 6 nitrogen and oxygen atoms in total. The topological polar surface area (TPSA) is 96.4 Å². The molecule has 0 aliphatic carbocycles. The zero-order valence-corrected chi connectivity index (χ0v) is 20.3. The quantitative estimate of drug-likeness (QED) is 0.280. The van der Waals surface area contributed by atoms with Crippen LogP contribution in [-0.4, -0.2) is 24.5 Å². The molecule has 0 amide bonds. The molecule has 0 aliphatic rings. The molecule has 1 aromatic heterocycles. The number of para-hydroxylation sites is 1. The predicted molar refractivity (Wildman–Crippen MR) is 137 cm³/mol. The van der Waals surface area contributed by atoms with Crippen LogP contribution in [0.5, 0.6) is 0 Å². The normalized spacial score (nSPS) is 12.6. The molecule has 1 unspecified atom stereocenters. The van der Waals surface area contributed by atoms with Crippen LogP contribution >= 0.6 is 12.6 Å². The van der Waals surface area contributed by atoms with Crippen molar-refractivity contribution >= 4 is 45.2 Å². The Balaban J connectivity index is 1.56. The molecule has 0 saturated carbocycles. The number of rotatable bonds is 7. The Morgan fingerprint density at radius 3 is 2.35 bits per heavy atom. The summed E-state index contributed by atoms with van der Waals surface area (Å²) in [6.07, 6.45) is 0. The first-order valence-electron chi connectivity index (χ1n) is 10.7. The number of carboxylic acids is 1. The van der Waals surface area contributed by atoms with Crippen LogP contribution in [0.4, 0.5) is 5.69 Å². The molecule has 0 fully saturated rings. The monoisotopic (exact) mass is 492 g/mol. The van der Waals surface area contributed by atoms with Gasteiger partial charge in [-0.1, -0.05) is 56.3 Å². The van der Waals surface area contributed by atoms with Gasteiger partial charge < -0.3 is 5.11 Å². The summed E-state index contributed by atoms with van der Waals surface area (Å²) in [6.45, 7) is 3.72. The smallest absolute Gasteiger partial charge is 0.336 e. The fourth-order valence-electron chi connectivity index (χ4n) is 3.74. The van der Waals surface area contributed by atoms with E-state index in [9.17, 15) is 18.3 Å². The number of sulfonamides is 1. The molecule has 0 aliphatic heterocycles. The zero-order chi connectivity index (χ0) is 24.5. The molecule has 4 aromatic rings. The van der Waals surface area contributed by atoms with Gasteiger partial charge in [0.2, 0.25) is 0 Å². The lowest BCUT2D eigenvalue weighted by molar-refractivity contribution is 0.0695. The van der Waals surface area contributed by atoms with Gasteiger partial charge in [0.1, 0.15) is 0 Å². The molecule has 2 N–H and O–H groups in total. The molecule has 0 spiro atoms. The number of nitrogens with zero attached hydrogens (tertiary/aromatic N) is 1. The van der Waals surface area contributed by atoms with Crippen LogP contribution in [0.15, 0.2) is 83.8 Å². The third-order valence-corrected chi connectivity index (χ3v) is 7.51. The third-order valence-electron chi connectivity index (χ3n) is 5.57. The number of nitrogens with one attached hydrogen (secondary N) is 1. The molecular formula is C26H24N2O4S2. The van der Waals surface area contributed by atoms with Gasteiger partial charge in [-0.2, -0.15) is 12.6 Å². The van der Waals surface area contributed by atoms with Crippen LogP contribution in [-0.2, 0) is 10.0 Å². The summed E-state index contributed by atoms with van der Waals surface area (Å²) in [6, 6.07) is 22.8. The number of pyridine rings is 1. The van der Waals surface area contributed by atoms with Gasteiger partial charge in [-0.15, -0.1) is 0 Å². The number of aromatic carboxylic acids is 1. The largest absolute Gasteiger partial charge is 0.478 e. The molecular weight excluding hydrogens is 468 g/mol. The number of carboxylic acid groups (broad SMARTS) is 1. The van der Waals surface area contributed by atoms with Gasteiger partial charge >= 0.3 is 5.97 Å². The van der Waals surface area contributed by atoms with E-state index in [-0.39, 0.29) is 21.6 Å². The van der Waals surface area contributed by atoms with Gasteiger partial charge in [0.25, 0.3) is 10.0 Å². The number of hydrogen-bond donors (Lipinski definition) is 3. The first kappa shape index (κ1) is 23.8. The Kier molecular flexibility index (Phi) is 6.63. The summed E-state index contributed by atoms with van der Waals surface area (Å²) in [7, 11) is -3.97. The lowest BCUT2D eigenvalue weighted by atomic mass is 9.97. The SMILES string of the molecule is CC(C)c1ccc(S(=O)(=O)Nc2ccc(C(S)c3ccc4ccccc4n3)cc2)cc1C(=O)O. The molecule has 34 heavy (non-hydrogen) atoms. The average Bonchev–Trinajstić information content (AvgIpc) is 2.83. The Bertz CT molecular complexity index is 1470. The van der Waals surface area contributed by atoms with E-state index < -0.39 is 16.0 Å². The number of thiol groups is 1. The van der Waals surface area contributed by atoms with Gasteiger partial charge in [-0.05, 0) is 53.4 Å². The standard InChI is InChI=1S/C26H24N2O4S2/c1-16(2)21-13-12-20(15-22(21)26(29)30)34(31,32)28-19-10-7-18(8-11-19)25(33)24-14-9-17-5-3-4-6-23(17)27-24/h3-16,25,28,33H,1-2H3,(H,29,30). The van der Waals surface area contributed by atoms with E-state index in [1.807, 2.05) is 50.2 Å². The van der Waals surface area contributed by atoms with E-state index in [1.165, 1.54) is 12.1 Å². The third kappa shape index (κ3) is 4.93. The molecule has 0 bridgehead atoms. The highest BCUT2D eigenvalue weighted by Crippen LogP contribution is 2.30. The number of anilines is 1. The fourth-order valence-corrected chi connectivity index (χ4v) is 5.14. The van der Waals surface area contributed by atoms with Gasteiger partial charge in [0.15, 0.2) is 0 Å². The number of fused-ring (bicyclic) bond motifs is 1. The van der Waals surface area contributed by atoms with E-state index in [4.69, 9.17) is 12.6 Å². The highest BCUT2D eigenvalue weighted by atomic mass is 32.2. The summed E-state index contributed by atoms with van der Waals surface area (Å²) in [4.78, 5) is 16.2. The second-order valence-corrected chi connectivity index (χ2v) is 10.5. The van der Waals surface area contributed by atoms with Crippen molar-refractivity contribution in [2.24, 2.45) is 0 Å².